The smallest absolute Gasteiger partial charge is 0.0419 e. The van der Waals surface area contributed by atoms with Gasteiger partial charge in [0.2, 0.25) is 0 Å². The van der Waals surface area contributed by atoms with E-state index in [0.29, 0.717) is 6.04 Å². The van der Waals surface area contributed by atoms with Crippen LogP contribution in [0.15, 0.2) is 30.9 Å². The molecule has 0 fully saturated rings. The molecule has 0 bridgehead atoms. The molecule has 0 aliphatic carbocycles. The van der Waals surface area contributed by atoms with Crippen LogP contribution in [0.5, 0.6) is 0 Å². The summed E-state index contributed by atoms with van der Waals surface area (Å²) in [5, 5.41) is 6.86. The normalized spacial score (nSPS) is 15.5. The summed E-state index contributed by atoms with van der Waals surface area (Å²) in [6, 6.07) is 6.89. The lowest BCUT2D eigenvalue weighted by atomic mass is 10.1. The summed E-state index contributed by atoms with van der Waals surface area (Å²) in [5.41, 5.74) is 4.14. The van der Waals surface area contributed by atoms with Gasteiger partial charge in [-0.25, -0.2) is 0 Å². The highest BCUT2D eigenvalue weighted by Gasteiger charge is 2.13. The number of para-hydroxylation sites is 1. The predicted octanol–water partition coefficient (Wildman–Crippen LogP) is 2.32. The molecule has 0 aromatic heterocycles. The molecule has 1 aromatic carbocycles. The molecule has 1 heterocycles. The highest BCUT2D eigenvalue weighted by atomic mass is 14.9. The van der Waals surface area contributed by atoms with E-state index in [1.807, 2.05) is 6.08 Å². The summed E-state index contributed by atoms with van der Waals surface area (Å²) in [6.07, 6.45) is 3.08. The van der Waals surface area contributed by atoms with E-state index >= 15 is 0 Å². The molecule has 80 valence electrons. The van der Waals surface area contributed by atoms with Crippen molar-refractivity contribution < 1.29 is 0 Å². The van der Waals surface area contributed by atoms with E-state index in [1.54, 1.807) is 0 Å². The van der Waals surface area contributed by atoms with Crippen LogP contribution in [0, 0.1) is 0 Å². The fourth-order valence-electron chi connectivity index (χ4n) is 1.91. The lowest BCUT2D eigenvalue weighted by molar-refractivity contribution is 0.635. The van der Waals surface area contributed by atoms with Gasteiger partial charge in [-0.2, -0.15) is 0 Å². The summed E-state index contributed by atoms with van der Waals surface area (Å²) >= 11 is 0. The van der Waals surface area contributed by atoms with Crippen molar-refractivity contribution in [1.82, 2.24) is 5.32 Å². The van der Waals surface area contributed by atoms with Gasteiger partial charge in [-0.15, -0.1) is 6.58 Å². The Kier molecular flexibility index (Phi) is 3.07. The van der Waals surface area contributed by atoms with Gasteiger partial charge in [0.05, 0.1) is 0 Å². The van der Waals surface area contributed by atoms with E-state index in [4.69, 9.17) is 0 Å². The molecule has 0 saturated carbocycles. The zero-order chi connectivity index (χ0) is 10.7. The second-order valence-corrected chi connectivity index (χ2v) is 4.03. The number of anilines is 1. The Morgan fingerprint density at radius 1 is 1.60 bits per heavy atom. The Bertz CT molecular complexity index is 358. The topological polar surface area (TPSA) is 24.1 Å². The average molecular weight is 202 g/mol. The first kappa shape index (κ1) is 10.2. The minimum Gasteiger partial charge on any atom is -0.384 e. The Labute approximate surface area is 91.4 Å². The summed E-state index contributed by atoms with van der Waals surface area (Å²) < 4.78 is 0. The van der Waals surface area contributed by atoms with Crippen molar-refractivity contribution in [1.29, 1.82) is 0 Å². The van der Waals surface area contributed by atoms with Crippen molar-refractivity contribution in [3.63, 3.8) is 0 Å². The van der Waals surface area contributed by atoms with E-state index in [1.165, 1.54) is 16.8 Å². The van der Waals surface area contributed by atoms with Gasteiger partial charge in [0.15, 0.2) is 0 Å². The van der Waals surface area contributed by atoms with Gasteiger partial charge in [-0.05, 0) is 24.5 Å². The van der Waals surface area contributed by atoms with Crippen molar-refractivity contribution in [3.8, 4) is 0 Å². The van der Waals surface area contributed by atoms with Gasteiger partial charge in [0.25, 0.3) is 0 Å². The minimum atomic E-state index is 0.363. The zero-order valence-corrected chi connectivity index (χ0v) is 9.22. The van der Waals surface area contributed by atoms with Crippen LogP contribution in [0.4, 0.5) is 5.69 Å². The third-order valence-electron chi connectivity index (χ3n) is 2.90. The Morgan fingerprint density at radius 2 is 2.47 bits per heavy atom. The lowest BCUT2D eigenvalue weighted by Crippen LogP contribution is -2.23. The molecule has 1 atom stereocenters. The van der Waals surface area contributed by atoms with Gasteiger partial charge in [0.1, 0.15) is 0 Å². The first-order chi connectivity index (χ1) is 7.31. The monoisotopic (exact) mass is 202 g/mol. The van der Waals surface area contributed by atoms with Crippen LogP contribution < -0.4 is 10.6 Å². The fraction of sp³-hybridized carbons (Fsp3) is 0.385. The Hall–Kier alpha value is -1.28. The molecule has 0 saturated heterocycles. The Balaban J connectivity index is 2.09. The van der Waals surface area contributed by atoms with Crippen molar-refractivity contribution in [2.24, 2.45) is 0 Å². The summed E-state index contributed by atoms with van der Waals surface area (Å²) in [4.78, 5) is 0. The van der Waals surface area contributed by atoms with Crippen molar-refractivity contribution in [2.75, 3.05) is 11.9 Å². The number of hydrogen-bond donors (Lipinski definition) is 2. The number of fused-ring (bicyclic) bond motifs is 1. The standard InChI is InChI=1S/C13H18N2/c1-3-10(2)15-9-12-6-4-5-11-7-8-14-13(11)12/h3-6,10,14-15H,1,7-9H2,2H3. The summed E-state index contributed by atoms with van der Waals surface area (Å²) in [5.74, 6) is 0. The molecule has 1 aromatic rings. The van der Waals surface area contributed by atoms with E-state index in [0.717, 1.165) is 19.5 Å². The molecule has 1 unspecified atom stereocenters. The quantitative estimate of drug-likeness (QED) is 0.732. The first-order valence-electron chi connectivity index (χ1n) is 5.52. The SMILES string of the molecule is C=CC(C)NCc1cccc2c1NCC2. The lowest BCUT2D eigenvalue weighted by Gasteiger charge is -2.12. The highest BCUT2D eigenvalue weighted by molar-refractivity contribution is 5.61. The van der Waals surface area contributed by atoms with Gasteiger partial charge < -0.3 is 10.6 Å². The molecular formula is C13H18N2. The van der Waals surface area contributed by atoms with Crippen molar-refractivity contribution >= 4 is 5.69 Å². The predicted molar refractivity (Wildman–Crippen MR) is 65.1 cm³/mol. The van der Waals surface area contributed by atoms with E-state index in [-0.39, 0.29) is 0 Å². The molecule has 2 rings (SSSR count). The highest BCUT2D eigenvalue weighted by Crippen LogP contribution is 2.26. The Morgan fingerprint density at radius 3 is 3.27 bits per heavy atom. The van der Waals surface area contributed by atoms with Crippen LogP contribution >= 0.6 is 0 Å². The van der Waals surface area contributed by atoms with Gasteiger partial charge in [-0.1, -0.05) is 24.3 Å². The molecule has 2 heteroatoms. The minimum absolute atomic E-state index is 0.363. The number of nitrogens with one attached hydrogen (secondary N) is 2. The fourth-order valence-corrected chi connectivity index (χ4v) is 1.91. The summed E-state index contributed by atoms with van der Waals surface area (Å²) in [6.45, 7) is 7.86. The van der Waals surface area contributed by atoms with E-state index in [2.05, 4.69) is 42.3 Å². The number of rotatable bonds is 4. The molecule has 1 aliphatic rings. The maximum Gasteiger partial charge on any atom is 0.0419 e. The van der Waals surface area contributed by atoms with Crippen LogP contribution in [0.3, 0.4) is 0 Å². The molecule has 15 heavy (non-hydrogen) atoms. The van der Waals surface area contributed by atoms with Crippen molar-refractivity contribution in [3.05, 3.63) is 42.0 Å². The third-order valence-corrected chi connectivity index (χ3v) is 2.90. The molecule has 0 spiro atoms. The molecule has 2 N–H and O–H groups in total. The maximum atomic E-state index is 3.77. The third kappa shape index (κ3) is 2.21. The van der Waals surface area contributed by atoms with Crippen LogP contribution in [0.25, 0.3) is 0 Å². The number of benzene rings is 1. The maximum absolute atomic E-state index is 3.77. The van der Waals surface area contributed by atoms with Gasteiger partial charge in [-0.3, -0.25) is 0 Å². The van der Waals surface area contributed by atoms with Crippen LogP contribution in [-0.4, -0.2) is 12.6 Å². The summed E-state index contributed by atoms with van der Waals surface area (Å²) in [7, 11) is 0. The second kappa shape index (κ2) is 4.49. The van der Waals surface area contributed by atoms with Crippen LogP contribution in [-0.2, 0) is 13.0 Å². The second-order valence-electron chi connectivity index (χ2n) is 4.03. The van der Waals surface area contributed by atoms with Crippen LogP contribution in [0.2, 0.25) is 0 Å². The van der Waals surface area contributed by atoms with Gasteiger partial charge >= 0.3 is 0 Å². The number of hydrogen-bond acceptors (Lipinski definition) is 2. The van der Waals surface area contributed by atoms with Gasteiger partial charge in [0, 0.05) is 24.8 Å². The van der Waals surface area contributed by atoms with Crippen molar-refractivity contribution in [2.45, 2.75) is 25.9 Å². The largest absolute Gasteiger partial charge is 0.384 e. The van der Waals surface area contributed by atoms with E-state index in [9.17, 15) is 0 Å². The molecule has 0 radical (unpaired) electrons. The molecule has 1 aliphatic heterocycles. The zero-order valence-electron chi connectivity index (χ0n) is 9.22. The van der Waals surface area contributed by atoms with Crippen LogP contribution in [0.1, 0.15) is 18.1 Å². The average Bonchev–Trinajstić information content (AvgIpc) is 2.74. The first-order valence-corrected chi connectivity index (χ1v) is 5.52. The molecular weight excluding hydrogens is 184 g/mol. The molecule has 2 nitrogen and oxygen atoms in total. The van der Waals surface area contributed by atoms with E-state index < -0.39 is 0 Å². The molecule has 0 amide bonds.